The van der Waals surface area contributed by atoms with Gasteiger partial charge in [-0.2, -0.15) is 0 Å². The van der Waals surface area contributed by atoms with Crippen LogP contribution in [0.25, 0.3) is 0 Å². The molecular formula is C12H19NO2. The molecule has 0 amide bonds. The Morgan fingerprint density at radius 1 is 1.47 bits per heavy atom. The lowest BCUT2D eigenvalue weighted by atomic mass is 9.92. The molecule has 3 heteroatoms. The normalized spacial score (nSPS) is 20.3. The third kappa shape index (κ3) is 2.83. The summed E-state index contributed by atoms with van der Waals surface area (Å²) in [6, 6.07) is 4.34. The fourth-order valence-corrected chi connectivity index (χ4v) is 2.18. The molecule has 1 unspecified atom stereocenters. The fraction of sp³-hybridized carbons (Fsp3) is 0.667. The van der Waals surface area contributed by atoms with Crippen molar-refractivity contribution < 1.29 is 9.15 Å². The van der Waals surface area contributed by atoms with E-state index < -0.39 is 0 Å². The maximum Gasteiger partial charge on any atom is 0.120 e. The highest BCUT2D eigenvalue weighted by Gasteiger charge is 2.20. The van der Waals surface area contributed by atoms with E-state index in [2.05, 4.69) is 5.32 Å². The van der Waals surface area contributed by atoms with Gasteiger partial charge < -0.3 is 14.5 Å². The molecule has 1 saturated heterocycles. The minimum Gasteiger partial charge on any atom is -0.468 e. The average Bonchev–Trinajstić information content (AvgIpc) is 2.81. The van der Waals surface area contributed by atoms with Crippen molar-refractivity contribution in [1.29, 1.82) is 0 Å². The van der Waals surface area contributed by atoms with Crippen LogP contribution in [-0.2, 0) is 4.74 Å². The van der Waals surface area contributed by atoms with Gasteiger partial charge in [0.25, 0.3) is 0 Å². The summed E-state index contributed by atoms with van der Waals surface area (Å²) in [6.45, 7) is 1.83. The van der Waals surface area contributed by atoms with Crippen LogP contribution in [0.4, 0.5) is 0 Å². The molecule has 1 aliphatic heterocycles. The van der Waals surface area contributed by atoms with E-state index >= 15 is 0 Å². The van der Waals surface area contributed by atoms with Crippen LogP contribution >= 0.6 is 0 Å². The van der Waals surface area contributed by atoms with E-state index in [4.69, 9.17) is 9.15 Å². The number of nitrogens with one attached hydrogen (secondary N) is 1. The lowest BCUT2D eigenvalue weighted by Gasteiger charge is -2.25. The monoisotopic (exact) mass is 209 g/mol. The summed E-state index contributed by atoms with van der Waals surface area (Å²) in [5, 5.41) is 3.32. The molecule has 15 heavy (non-hydrogen) atoms. The number of ether oxygens (including phenoxy) is 1. The van der Waals surface area contributed by atoms with Crippen LogP contribution in [0.5, 0.6) is 0 Å². The highest BCUT2D eigenvalue weighted by molar-refractivity contribution is 5.04. The molecule has 1 aromatic rings. The Labute approximate surface area is 90.8 Å². The van der Waals surface area contributed by atoms with Crippen LogP contribution in [-0.4, -0.2) is 20.3 Å². The second kappa shape index (κ2) is 5.33. The van der Waals surface area contributed by atoms with E-state index in [1.807, 2.05) is 19.2 Å². The van der Waals surface area contributed by atoms with E-state index in [1.165, 1.54) is 12.8 Å². The Balaban J connectivity index is 1.90. The van der Waals surface area contributed by atoms with E-state index in [9.17, 15) is 0 Å². The van der Waals surface area contributed by atoms with E-state index in [0.717, 1.165) is 31.3 Å². The second-order valence-corrected chi connectivity index (χ2v) is 4.15. The van der Waals surface area contributed by atoms with Crippen LogP contribution in [0.2, 0.25) is 0 Å². The van der Waals surface area contributed by atoms with Crippen LogP contribution in [0.15, 0.2) is 22.8 Å². The smallest absolute Gasteiger partial charge is 0.120 e. The van der Waals surface area contributed by atoms with Gasteiger partial charge in [0.2, 0.25) is 0 Å². The standard InChI is InChI=1S/C12H19NO2/c1-13-11(12-3-2-6-15-12)9-10-4-7-14-8-5-10/h2-3,6,10-11,13H,4-5,7-9H2,1H3. The first kappa shape index (κ1) is 10.7. The zero-order valence-electron chi connectivity index (χ0n) is 9.24. The molecule has 1 fully saturated rings. The summed E-state index contributed by atoms with van der Waals surface area (Å²) in [6.07, 6.45) is 5.24. The van der Waals surface area contributed by atoms with E-state index in [0.29, 0.717) is 6.04 Å². The van der Waals surface area contributed by atoms with E-state index in [-0.39, 0.29) is 0 Å². The van der Waals surface area contributed by atoms with Crippen LogP contribution in [0.3, 0.4) is 0 Å². The number of furan rings is 1. The maximum absolute atomic E-state index is 5.43. The summed E-state index contributed by atoms with van der Waals surface area (Å²) in [5.74, 6) is 1.81. The molecule has 0 aliphatic carbocycles. The van der Waals surface area contributed by atoms with Gasteiger partial charge in [0.1, 0.15) is 5.76 Å². The molecule has 2 rings (SSSR count). The van der Waals surface area contributed by atoms with Crippen molar-refractivity contribution in [2.24, 2.45) is 5.92 Å². The summed E-state index contributed by atoms with van der Waals surface area (Å²) in [4.78, 5) is 0. The lowest BCUT2D eigenvalue weighted by molar-refractivity contribution is 0.0599. The molecule has 0 spiro atoms. The third-order valence-corrected chi connectivity index (χ3v) is 3.14. The molecule has 2 heterocycles. The van der Waals surface area contributed by atoms with Crippen molar-refractivity contribution in [2.45, 2.75) is 25.3 Å². The van der Waals surface area contributed by atoms with E-state index in [1.54, 1.807) is 6.26 Å². The largest absolute Gasteiger partial charge is 0.468 e. The number of hydrogen-bond acceptors (Lipinski definition) is 3. The Bertz CT molecular complexity index is 265. The van der Waals surface area contributed by atoms with Crippen LogP contribution < -0.4 is 5.32 Å². The van der Waals surface area contributed by atoms with Crippen molar-refractivity contribution in [3.8, 4) is 0 Å². The Morgan fingerprint density at radius 2 is 2.27 bits per heavy atom. The van der Waals surface area contributed by atoms with Gasteiger partial charge in [0.15, 0.2) is 0 Å². The van der Waals surface area contributed by atoms with Crippen molar-refractivity contribution in [3.63, 3.8) is 0 Å². The molecule has 1 aliphatic rings. The average molecular weight is 209 g/mol. The van der Waals surface area contributed by atoms with Gasteiger partial charge in [0.05, 0.1) is 12.3 Å². The quantitative estimate of drug-likeness (QED) is 0.826. The van der Waals surface area contributed by atoms with Gasteiger partial charge >= 0.3 is 0 Å². The van der Waals surface area contributed by atoms with Gasteiger partial charge in [-0.05, 0) is 44.4 Å². The second-order valence-electron chi connectivity index (χ2n) is 4.15. The van der Waals surface area contributed by atoms with Gasteiger partial charge in [-0.3, -0.25) is 0 Å². The summed E-state index contributed by atoms with van der Waals surface area (Å²) < 4.78 is 10.8. The fourth-order valence-electron chi connectivity index (χ4n) is 2.18. The maximum atomic E-state index is 5.43. The zero-order valence-corrected chi connectivity index (χ0v) is 9.24. The minimum absolute atomic E-state index is 0.350. The predicted octanol–water partition coefficient (Wildman–Crippen LogP) is 2.36. The Kier molecular flexibility index (Phi) is 3.80. The SMILES string of the molecule is CNC(CC1CCOCC1)c1ccco1. The topological polar surface area (TPSA) is 34.4 Å². The van der Waals surface area contributed by atoms with Gasteiger partial charge in [-0.15, -0.1) is 0 Å². The predicted molar refractivity (Wildman–Crippen MR) is 58.7 cm³/mol. The van der Waals surface area contributed by atoms with Crippen molar-refractivity contribution in [2.75, 3.05) is 20.3 Å². The molecule has 0 aromatic carbocycles. The van der Waals surface area contributed by atoms with Crippen LogP contribution in [0, 0.1) is 5.92 Å². The molecule has 0 saturated carbocycles. The van der Waals surface area contributed by atoms with Crippen LogP contribution in [0.1, 0.15) is 31.1 Å². The van der Waals surface area contributed by atoms with Crippen molar-refractivity contribution >= 4 is 0 Å². The van der Waals surface area contributed by atoms with Crippen molar-refractivity contribution in [1.82, 2.24) is 5.32 Å². The summed E-state index contributed by atoms with van der Waals surface area (Å²) in [5.41, 5.74) is 0. The Morgan fingerprint density at radius 3 is 2.87 bits per heavy atom. The first-order valence-electron chi connectivity index (χ1n) is 5.68. The molecule has 1 atom stereocenters. The summed E-state index contributed by atoms with van der Waals surface area (Å²) >= 11 is 0. The van der Waals surface area contributed by atoms with Gasteiger partial charge in [0, 0.05) is 13.2 Å². The lowest BCUT2D eigenvalue weighted by Crippen LogP contribution is -2.23. The third-order valence-electron chi connectivity index (χ3n) is 3.14. The molecule has 0 bridgehead atoms. The van der Waals surface area contributed by atoms with Gasteiger partial charge in [-0.1, -0.05) is 0 Å². The molecule has 1 N–H and O–H groups in total. The van der Waals surface area contributed by atoms with Crippen molar-refractivity contribution in [3.05, 3.63) is 24.2 Å². The molecule has 0 radical (unpaired) electrons. The zero-order chi connectivity index (χ0) is 10.5. The molecular weight excluding hydrogens is 190 g/mol. The highest BCUT2D eigenvalue weighted by Crippen LogP contribution is 2.27. The first-order valence-corrected chi connectivity index (χ1v) is 5.68. The minimum atomic E-state index is 0.350. The number of hydrogen-bond donors (Lipinski definition) is 1. The number of rotatable bonds is 4. The molecule has 84 valence electrons. The van der Waals surface area contributed by atoms with Gasteiger partial charge in [-0.25, -0.2) is 0 Å². The summed E-state index contributed by atoms with van der Waals surface area (Å²) in [7, 11) is 1.99. The molecule has 1 aromatic heterocycles. The highest BCUT2D eigenvalue weighted by atomic mass is 16.5. The molecule has 3 nitrogen and oxygen atoms in total. The Hall–Kier alpha value is -0.800. The first-order chi connectivity index (χ1) is 7.40.